The second-order valence-corrected chi connectivity index (χ2v) is 29.9. The molecule has 0 spiro atoms. The molecule has 0 aliphatic heterocycles. The van der Waals surface area contributed by atoms with Crippen LogP contribution in [0, 0.1) is 0 Å². The van der Waals surface area contributed by atoms with Crippen molar-refractivity contribution in [3.05, 3.63) is 170 Å². The molecule has 0 radical (unpaired) electrons. The zero-order valence-electron chi connectivity index (χ0n) is 67.2. The van der Waals surface area contributed by atoms with Crippen LogP contribution in [-0.4, -0.2) is 96.7 Å². The summed E-state index contributed by atoms with van der Waals surface area (Å²) >= 11 is 0. The number of carbonyl (C=O) groups excluding carboxylic acids is 4. The van der Waals surface area contributed by atoms with Crippen LogP contribution in [0.1, 0.15) is 310 Å². The number of rotatable bonds is 76. The Bertz CT molecular complexity index is 2710. The number of hydrogen-bond donors (Lipinski definition) is 3. The van der Waals surface area contributed by atoms with Gasteiger partial charge in [0, 0.05) is 19.3 Å². The molecule has 614 valence electrons. The third kappa shape index (κ3) is 78.5. The number of carbonyl (C=O) groups is 4. The first-order valence-corrected chi connectivity index (χ1v) is 44.4. The molecule has 0 aromatic carbocycles. The third-order valence-corrected chi connectivity index (χ3v) is 18.6. The molecular formula is C89H146O17P2. The minimum Gasteiger partial charge on any atom is -0.462 e. The summed E-state index contributed by atoms with van der Waals surface area (Å²) in [6, 6.07) is 0. The molecule has 19 heteroatoms. The summed E-state index contributed by atoms with van der Waals surface area (Å²) in [5.41, 5.74) is 0. The van der Waals surface area contributed by atoms with Gasteiger partial charge in [0.15, 0.2) is 12.2 Å². The summed E-state index contributed by atoms with van der Waals surface area (Å²) in [6.07, 6.45) is 95.1. The topological polar surface area (TPSA) is 237 Å². The molecule has 0 rings (SSSR count). The number of ether oxygens (including phenoxy) is 4. The maximum atomic E-state index is 13.1. The lowest BCUT2D eigenvalue weighted by Crippen LogP contribution is -2.30. The third-order valence-electron chi connectivity index (χ3n) is 16.7. The van der Waals surface area contributed by atoms with Crippen LogP contribution >= 0.6 is 15.6 Å². The Morgan fingerprint density at radius 3 is 0.880 bits per heavy atom. The molecule has 0 aliphatic carbocycles. The van der Waals surface area contributed by atoms with E-state index < -0.39 is 97.5 Å². The largest absolute Gasteiger partial charge is 0.472 e. The molecule has 0 fully saturated rings. The molecule has 5 atom stereocenters. The summed E-state index contributed by atoms with van der Waals surface area (Å²) in [5, 5.41) is 10.7. The highest BCUT2D eigenvalue weighted by Gasteiger charge is 2.30. The average Bonchev–Trinajstić information content (AvgIpc) is 0.896. The first-order valence-electron chi connectivity index (χ1n) is 41.4. The number of unbranched alkanes of at least 4 members (excludes halogenated alkanes) is 23. The Hall–Kier alpha value is -5.58. The van der Waals surface area contributed by atoms with Gasteiger partial charge in [0.1, 0.15) is 19.3 Å². The van der Waals surface area contributed by atoms with Crippen LogP contribution < -0.4 is 0 Å². The van der Waals surface area contributed by atoms with Crippen LogP contribution in [0.5, 0.6) is 0 Å². The predicted octanol–water partition coefficient (Wildman–Crippen LogP) is 24.6. The van der Waals surface area contributed by atoms with Crippen molar-refractivity contribution in [1.82, 2.24) is 0 Å². The Labute approximate surface area is 654 Å². The molecule has 0 heterocycles. The fourth-order valence-corrected chi connectivity index (χ4v) is 12.1. The number of aliphatic hydroxyl groups excluding tert-OH is 1. The van der Waals surface area contributed by atoms with Gasteiger partial charge < -0.3 is 33.8 Å². The van der Waals surface area contributed by atoms with E-state index in [2.05, 4.69) is 155 Å². The molecule has 0 aromatic rings. The van der Waals surface area contributed by atoms with Crippen LogP contribution in [0.4, 0.5) is 0 Å². The summed E-state index contributed by atoms with van der Waals surface area (Å²) in [4.78, 5) is 73.1. The summed E-state index contributed by atoms with van der Waals surface area (Å²) in [7, 11) is -10.0. The first-order chi connectivity index (χ1) is 52.7. The molecule has 3 N–H and O–H groups in total. The highest BCUT2D eigenvalue weighted by Crippen LogP contribution is 2.45. The van der Waals surface area contributed by atoms with Gasteiger partial charge >= 0.3 is 39.5 Å². The zero-order valence-corrected chi connectivity index (χ0v) is 69.0. The second kappa shape index (κ2) is 79.5. The van der Waals surface area contributed by atoms with Gasteiger partial charge in [-0.1, -0.05) is 326 Å². The van der Waals surface area contributed by atoms with Crippen molar-refractivity contribution in [2.45, 2.75) is 329 Å². The Kier molecular flexibility index (Phi) is 75.4. The van der Waals surface area contributed by atoms with E-state index in [0.717, 1.165) is 141 Å². The van der Waals surface area contributed by atoms with Crippen LogP contribution in [0.25, 0.3) is 0 Å². The number of aliphatic hydroxyl groups is 1. The lowest BCUT2D eigenvalue weighted by molar-refractivity contribution is -0.161. The molecule has 108 heavy (non-hydrogen) atoms. The van der Waals surface area contributed by atoms with Crippen molar-refractivity contribution >= 4 is 39.5 Å². The zero-order chi connectivity index (χ0) is 78.9. The van der Waals surface area contributed by atoms with Crippen molar-refractivity contribution < 1.29 is 80.2 Å². The molecule has 0 bridgehead atoms. The minimum absolute atomic E-state index is 0.0259. The maximum Gasteiger partial charge on any atom is 0.472 e. The first kappa shape index (κ1) is 102. The van der Waals surface area contributed by atoms with Crippen molar-refractivity contribution in [2.24, 2.45) is 0 Å². The molecule has 0 aromatic heterocycles. The van der Waals surface area contributed by atoms with Gasteiger partial charge in [-0.05, 0) is 128 Å². The molecule has 0 aliphatic rings. The lowest BCUT2D eigenvalue weighted by atomic mass is 10.0. The highest BCUT2D eigenvalue weighted by molar-refractivity contribution is 7.47. The van der Waals surface area contributed by atoms with Crippen LogP contribution in [0.3, 0.4) is 0 Å². The van der Waals surface area contributed by atoms with Crippen molar-refractivity contribution in [3.8, 4) is 0 Å². The normalized spacial score (nSPS) is 14.7. The molecule has 0 saturated carbocycles. The van der Waals surface area contributed by atoms with Gasteiger partial charge in [-0.15, -0.1) is 0 Å². The smallest absolute Gasteiger partial charge is 0.462 e. The Morgan fingerprint density at radius 2 is 0.537 bits per heavy atom. The van der Waals surface area contributed by atoms with Crippen molar-refractivity contribution in [3.63, 3.8) is 0 Å². The predicted molar refractivity (Wildman–Crippen MR) is 445 cm³/mol. The van der Waals surface area contributed by atoms with E-state index in [9.17, 15) is 43.2 Å². The number of allylic oxidation sites excluding steroid dienone is 27. The van der Waals surface area contributed by atoms with Gasteiger partial charge in [0.05, 0.1) is 32.8 Å². The average molecular weight is 1550 g/mol. The van der Waals surface area contributed by atoms with Crippen molar-refractivity contribution in [2.75, 3.05) is 39.6 Å². The molecule has 17 nitrogen and oxygen atoms in total. The summed E-state index contributed by atoms with van der Waals surface area (Å²) < 4.78 is 68.5. The SMILES string of the molecule is CC/C=C\C/C=C\C/C=C\C/C=C\C/C=C\C/C=C\CCC(=O)OCC(COP(=O)(O)OCC(O)COP(=O)(O)OCC(COC(=O)C/C=C\C/C=C\C/C=C\C/C=C\C/C=C\CC)OC(=O)CCCCCCCCCCCCCCCCC)OC(=O)CCCCCCCC/C=C\C/C=C\C/C=C\CCCCC. The number of esters is 4. The summed E-state index contributed by atoms with van der Waals surface area (Å²) in [5.74, 6) is -2.44. The maximum absolute atomic E-state index is 13.1. The van der Waals surface area contributed by atoms with E-state index in [1.807, 2.05) is 36.5 Å². The van der Waals surface area contributed by atoms with Gasteiger partial charge in [0.2, 0.25) is 0 Å². The van der Waals surface area contributed by atoms with Crippen LogP contribution in [-0.2, 0) is 65.4 Å². The minimum atomic E-state index is -5.01. The number of hydrogen-bond acceptors (Lipinski definition) is 15. The quantitative estimate of drug-likeness (QED) is 0.0169. The molecule has 0 saturated heterocycles. The Morgan fingerprint density at radius 1 is 0.278 bits per heavy atom. The molecule has 0 amide bonds. The fourth-order valence-electron chi connectivity index (χ4n) is 10.5. The fraction of sp³-hybridized carbons (Fsp3) is 0.640. The lowest BCUT2D eigenvalue weighted by Gasteiger charge is -2.21. The van der Waals surface area contributed by atoms with Crippen LogP contribution in [0.15, 0.2) is 170 Å². The number of phosphoric acid groups is 2. The number of phosphoric ester groups is 2. The van der Waals surface area contributed by atoms with Gasteiger partial charge in [0.25, 0.3) is 0 Å². The molecule has 5 unspecified atom stereocenters. The van der Waals surface area contributed by atoms with Crippen LogP contribution in [0.2, 0.25) is 0 Å². The Balaban J connectivity index is 5.52. The van der Waals surface area contributed by atoms with E-state index in [1.54, 1.807) is 6.08 Å². The van der Waals surface area contributed by atoms with Gasteiger partial charge in [-0.25, -0.2) is 9.13 Å². The van der Waals surface area contributed by atoms with E-state index in [1.165, 1.54) is 83.5 Å². The van der Waals surface area contributed by atoms with E-state index in [0.29, 0.717) is 32.1 Å². The van der Waals surface area contributed by atoms with Gasteiger partial charge in [-0.2, -0.15) is 0 Å². The summed E-state index contributed by atoms with van der Waals surface area (Å²) in [6.45, 7) is 4.42. The standard InChI is InChI=1S/C89H146O17P2/c1-5-9-13-17-21-25-29-33-37-39-41-43-47-50-54-58-62-66-70-74-87(92)100-80-85(106-89(94)76-72-68-64-60-56-52-48-44-42-40-38-34-30-26-22-18-14-10-6-2)82-104-108(97,98)102-78-83(90)77-101-107(95,96)103-81-84(105-88(93)75-71-67-63-59-55-51-46-36-32-28-24-20-16-12-8-4)79-99-86(91)73-69-65-61-57-53-49-45-35-31-27-23-19-15-11-7-3/h9,11,13,15,21-23,25-27,33-35,37-38,41-45,50,53-54,57,62,65-66,69,83-85,90H,5-8,10,12,14,16-20,24,28-32,36,39-40,46-49,51-52,55-56,58-61,63-64,67-68,70-82H2,1-4H3,(H,95,96)(H,97,98)/b13-9-,15-11-,25-21-,26-22-,27-23-,37-33-,38-34-,43-41-,44-42-,45-35-,54-50-,57-53-,66-62-,69-65-. The molecular weight excluding hydrogens is 1400 g/mol. The second-order valence-electron chi connectivity index (χ2n) is 27.0. The van der Waals surface area contributed by atoms with Crippen molar-refractivity contribution in [1.29, 1.82) is 0 Å². The van der Waals surface area contributed by atoms with Gasteiger partial charge in [-0.3, -0.25) is 37.3 Å². The highest BCUT2D eigenvalue weighted by atomic mass is 31.2. The van der Waals surface area contributed by atoms with E-state index in [4.69, 9.17) is 37.0 Å². The van der Waals surface area contributed by atoms with E-state index >= 15 is 0 Å². The monoisotopic (exact) mass is 1550 g/mol. The van der Waals surface area contributed by atoms with E-state index in [-0.39, 0.29) is 25.7 Å².